The number of nitrogens with zero attached hydrogens (tertiary/aromatic N) is 2. The van der Waals surface area contributed by atoms with E-state index < -0.39 is 0 Å². The van der Waals surface area contributed by atoms with Crippen LogP contribution in [0.1, 0.15) is 63.6 Å². The van der Waals surface area contributed by atoms with Gasteiger partial charge in [0.1, 0.15) is 11.6 Å². The first-order valence-electron chi connectivity index (χ1n) is 12.8. The van der Waals surface area contributed by atoms with Crippen molar-refractivity contribution < 1.29 is 9.53 Å². The van der Waals surface area contributed by atoms with Crippen LogP contribution in [-0.2, 0) is 17.8 Å². The predicted octanol–water partition coefficient (Wildman–Crippen LogP) is 6.57. The van der Waals surface area contributed by atoms with Crippen molar-refractivity contribution in [1.82, 2.24) is 14.9 Å². The summed E-state index contributed by atoms with van der Waals surface area (Å²) < 4.78 is 7.94. The number of fused-ring (bicyclic) bond motifs is 1. The van der Waals surface area contributed by atoms with Crippen molar-refractivity contribution in [3.63, 3.8) is 0 Å². The molecule has 0 spiro atoms. The number of benzene rings is 2. The van der Waals surface area contributed by atoms with Gasteiger partial charge in [-0.2, -0.15) is 0 Å². The second-order valence-corrected chi connectivity index (χ2v) is 9.80. The van der Waals surface area contributed by atoms with Crippen molar-refractivity contribution in [3.8, 4) is 5.75 Å². The molecule has 4 rings (SSSR count). The summed E-state index contributed by atoms with van der Waals surface area (Å²) in [6.07, 6.45) is 12.3. The van der Waals surface area contributed by atoms with Crippen molar-refractivity contribution in [1.29, 1.82) is 0 Å². The van der Waals surface area contributed by atoms with Gasteiger partial charge in [-0.15, -0.1) is 0 Å². The van der Waals surface area contributed by atoms with Gasteiger partial charge in [0.2, 0.25) is 0 Å². The zero-order valence-corrected chi connectivity index (χ0v) is 20.7. The summed E-state index contributed by atoms with van der Waals surface area (Å²) in [5.41, 5.74) is 2.37. The van der Waals surface area contributed by atoms with Crippen LogP contribution in [-0.4, -0.2) is 28.6 Å². The molecule has 0 atom stereocenters. The number of hydrogen-bond acceptors (Lipinski definition) is 3. The monoisotopic (exact) mass is 481 g/mol. The summed E-state index contributed by atoms with van der Waals surface area (Å²) >= 11 is 5.86. The Bertz CT molecular complexity index is 1040. The average Bonchev–Trinajstić information content (AvgIpc) is 3.22. The van der Waals surface area contributed by atoms with Gasteiger partial charge >= 0.3 is 0 Å². The summed E-state index contributed by atoms with van der Waals surface area (Å²) in [7, 11) is 0. The molecule has 0 radical (unpaired) electrons. The van der Waals surface area contributed by atoms with E-state index in [2.05, 4.69) is 34.1 Å². The number of carbonyl (C=O) groups excluding carboxylic acids is 1. The Morgan fingerprint density at radius 1 is 1.03 bits per heavy atom. The first-order valence-corrected chi connectivity index (χ1v) is 13.2. The molecule has 1 aliphatic rings. The molecule has 3 aromatic rings. The van der Waals surface area contributed by atoms with Gasteiger partial charge in [-0.05, 0) is 61.6 Å². The normalized spacial score (nSPS) is 14.4. The van der Waals surface area contributed by atoms with Crippen LogP contribution in [0.25, 0.3) is 11.0 Å². The van der Waals surface area contributed by atoms with Gasteiger partial charge in [0.25, 0.3) is 5.91 Å². The largest absolute Gasteiger partial charge is 0.484 e. The molecule has 0 unspecified atom stereocenters. The van der Waals surface area contributed by atoms with E-state index in [9.17, 15) is 4.79 Å². The molecule has 1 aromatic heterocycles. The third-order valence-electron chi connectivity index (χ3n) is 6.80. The number of rotatable bonds is 12. The van der Waals surface area contributed by atoms with Gasteiger partial charge in [-0.3, -0.25) is 4.79 Å². The fourth-order valence-electron chi connectivity index (χ4n) is 4.90. The zero-order chi connectivity index (χ0) is 23.6. The Morgan fingerprint density at radius 3 is 2.65 bits per heavy atom. The molecule has 0 aliphatic heterocycles. The summed E-state index contributed by atoms with van der Waals surface area (Å²) in [4.78, 5) is 17.0. The maximum absolute atomic E-state index is 12.0. The lowest BCUT2D eigenvalue weighted by atomic mass is 9.87. The van der Waals surface area contributed by atoms with Crippen LogP contribution < -0.4 is 10.1 Å². The van der Waals surface area contributed by atoms with Crippen molar-refractivity contribution >= 4 is 28.5 Å². The van der Waals surface area contributed by atoms with E-state index in [1.165, 1.54) is 49.9 Å². The van der Waals surface area contributed by atoms with Gasteiger partial charge in [0, 0.05) is 24.5 Å². The third kappa shape index (κ3) is 7.23. The topological polar surface area (TPSA) is 56.1 Å². The van der Waals surface area contributed by atoms with E-state index in [1.54, 1.807) is 24.3 Å². The van der Waals surface area contributed by atoms with Crippen LogP contribution in [0.4, 0.5) is 0 Å². The van der Waals surface area contributed by atoms with Gasteiger partial charge in [-0.1, -0.05) is 62.3 Å². The van der Waals surface area contributed by atoms with Crippen molar-refractivity contribution in [2.75, 3.05) is 13.2 Å². The number of halogens is 1. The first kappa shape index (κ1) is 24.6. The quantitative estimate of drug-likeness (QED) is 0.298. The van der Waals surface area contributed by atoms with Crippen molar-refractivity contribution in [2.24, 2.45) is 5.92 Å². The molecule has 1 heterocycles. The lowest BCUT2D eigenvalue weighted by Gasteiger charge is -2.22. The first-order chi connectivity index (χ1) is 16.7. The summed E-state index contributed by atoms with van der Waals surface area (Å²) in [6, 6.07) is 15.5. The molecule has 1 aliphatic carbocycles. The predicted molar refractivity (Wildman–Crippen MR) is 138 cm³/mol. The highest BCUT2D eigenvalue weighted by molar-refractivity contribution is 6.30. The smallest absolute Gasteiger partial charge is 0.257 e. The van der Waals surface area contributed by atoms with Crippen LogP contribution >= 0.6 is 11.6 Å². The van der Waals surface area contributed by atoms with E-state index in [0.29, 0.717) is 17.3 Å². The Labute approximate surface area is 207 Å². The number of hydrogen-bond donors (Lipinski definition) is 1. The second kappa shape index (κ2) is 12.8. The third-order valence-corrected chi connectivity index (χ3v) is 7.05. The summed E-state index contributed by atoms with van der Waals surface area (Å²) in [5, 5.41) is 3.59. The Balaban J connectivity index is 1.18. The number of amides is 1. The molecule has 2 aromatic carbocycles. The van der Waals surface area contributed by atoms with Gasteiger partial charge in [0.05, 0.1) is 11.0 Å². The molecule has 0 bridgehead atoms. The van der Waals surface area contributed by atoms with Gasteiger partial charge in [0.15, 0.2) is 6.61 Å². The lowest BCUT2D eigenvalue weighted by Crippen LogP contribution is -2.29. The van der Waals surface area contributed by atoms with Crippen molar-refractivity contribution in [3.05, 3.63) is 59.4 Å². The summed E-state index contributed by atoms with van der Waals surface area (Å²) in [6.45, 7) is 1.76. The van der Waals surface area contributed by atoms with E-state index in [1.807, 2.05) is 0 Å². The van der Waals surface area contributed by atoms with Crippen LogP contribution in [0.2, 0.25) is 5.02 Å². The maximum atomic E-state index is 12.0. The lowest BCUT2D eigenvalue weighted by molar-refractivity contribution is -0.123. The molecule has 0 saturated heterocycles. The second-order valence-electron chi connectivity index (χ2n) is 9.36. The SMILES string of the molecule is O=C(COc1ccc(Cl)cc1)NCCCCCc1nc2ccccc2n1CCC1CCCCC1. The fraction of sp³-hybridized carbons (Fsp3) is 0.500. The molecule has 1 fully saturated rings. The van der Waals surface area contributed by atoms with E-state index in [-0.39, 0.29) is 12.5 Å². The zero-order valence-electron chi connectivity index (χ0n) is 20.0. The Morgan fingerprint density at radius 2 is 1.82 bits per heavy atom. The van der Waals surface area contributed by atoms with E-state index in [4.69, 9.17) is 21.3 Å². The molecule has 182 valence electrons. The average molecular weight is 482 g/mol. The van der Waals surface area contributed by atoms with Crippen LogP contribution in [0.15, 0.2) is 48.5 Å². The molecule has 6 heteroatoms. The number of aromatic nitrogens is 2. The molecular formula is C28H36ClN3O2. The van der Waals surface area contributed by atoms with Gasteiger partial charge < -0.3 is 14.6 Å². The van der Waals surface area contributed by atoms with Gasteiger partial charge in [-0.25, -0.2) is 4.98 Å². The number of nitrogens with one attached hydrogen (secondary N) is 1. The minimum absolute atomic E-state index is 0.0205. The minimum atomic E-state index is -0.0977. The number of aryl methyl sites for hydroxylation is 2. The highest BCUT2D eigenvalue weighted by atomic mass is 35.5. The fourth-order valence-corrected chi connectivity index (χ4v) is 5.02. The van der Waals surface area contributed by atoms with E-state index in [0.717, 1.165) is 43.7 Å². The highest BCUT2D eigenvalue weighted by Gasteiger charge is 2.16. The number of imidazole rings is 1. The summed E-state index contributed by atoms with van der Waals surface area (Å²) in [5.74, 6) is 2.62. The molecule has 1 amide bonds. The number of unbranched alkanes of at least 4 members (excludes halogenated alkanes) is 2. The Kier molecular flexibility index (Phi) is 9.26. The standard InChI is InChI=1S/C28H36ClN3O2/c29-23-14-16-24(17-15-23)34-21-28(33)30-19-8-2-5-13-27-31-25-11-6-7-12-26(25)32(27)20-18-22-9-3-1-4-10-22/h6-7,11-12,14-17,22H,1-5,8-10,13,18-21H2,(H,30,33). The number of carbonyl (C=O) groups is 1. The molecule has 5 nitrogen and oxygen atoms in total. The highest BCUT2D eigenvalue weighted by Crippen LogP contribution is 2.28. The molecule has 1 saturated carbocycles. The number of para-hydroxylation sites is 2. The van der Waals surface area contributed by atoms with Crippen LogP contribution in [0.5, 0.6) is 5.75 Å². The van der Waals surface area contributed by atoms with Crippen LogP contribution in [0.3, 0.4) is 0 Å². The minimum Gasteiger partial charge on any atom is -0.484 e. The number of ether oxygens (including phenoxy) is 1. The molecule has 34 heavy (non-hydrogen) atoms. The van der Waals surface area contributed by atoms with Crippen molar-refractivity contribution in [2.45, 2.75) is 70.8 Å². The van der Waals surface area contributed by atoms with Crippen LogP contribution in [0, 0.1) is 5.92 Å². The maximum Gasteiger partial charge on any atom is 0.257 e. The molecule has 1 N–H and O–H groups in total. The Hall–Kier alpha value is -2.53. The molecular weight excluding hydrogens is 446 g/mol. The van der Waals surface area contributed by atoms with E-state index >= 15 is 0 Å².